The molecule has 0 aliphatic carbocycles. The van der Waals surface area contributed by atoms with Crippen molar-refractivity contribution in [3.8, 4) is 17.1 Å². The summed E-state index contributed by atoms with van der Waals surface area (Å²) in [5, 5.41) is 0.252. The number of Topliss-reactive ketones (excluding diaryl/α,β-unsaturated/α-hetero) is 1. The minimum absolute atomic E-state index is 0.0407. The number of furan rings is 1. The highest BCUT2D eigenvalue weighted by Crippen LogP contribution is 2.37. The van der Waals surface area contributed by atoms with Crippen LogP contribution < -0.4 is 10.5 Å². The second kappa shape index (κ2) is 6.91. The van der Waals surface area contributed by atoms with Gasteiger partial charge < -0.3 is 19.6 Å². The van der Waals surface area contributed by atoms with Crippen LogP contribution in [-0.2, 0) is 4.74 Å². The third-order valence-electron chi connectivity index (χ3n) is 3.89. The number of rotatable bonds is 4. The maximum atomic E-state index is 13.2. The number of ether oxygens (including phenoxy) is 2. The molecule has 1 heterocycles. The van der Waals surface area contributed by atoms with Crippen molar-refractivity contribution in [3.05, 3.63) is 53.3 Å². The molecular weight excluding hydrogens is 357 g/mol. The van der Waals surface area contributed by atoms with Crippen LogP contribution in [0.1, 0.15) is 27.6 Å². The van der Waals surface area contributed by atoms with Crippen LogP contribution in [0.2, 0.25) is 0 Å². The summed E-state index contributed by atoms with van der Waals surface area (Å²) in [5.74, 6) is -1.53. The van der Waals surface area contributed by atoms with E-state index in [0.29, 0.717) is 5.56 Å². The Balaban J connectivity index is 2.32. The lowest BCUT2D eigenvalue weighted by atomic mass is 10.0. The number of amides is 1. The van der Waals surface area contributed by atoms with E-state index in [4.69, 9.17) is 14.9 Å². The van der Waals surface area contributed by atoms with Crippen LogP contribution in [0, 0.1) is 5.82 Å². The summed E-state index contributed by atoms with van der Waals surface area (Å²) in [5.41, 5.74) is 5.66. The van der Waals surface area contributed by atoms with Crippen LogP contribution >= 0.6 is 0 Å². The van der Waals surface area contributed by atoms with E-state index in [0.717, 1.165) is 0 Å². The van der Waals surface area contributed by atoms with Crippen molar-refractivity contribution < 1.29 is 32.7 Å². The molecule has 0 bridgehead atoms. The van der Waals surface area contributed by atoms with Gasteiger partial charge in [0.25, 0.3) is 0 Å². The number of fused-ring (bicyclic) bond motifs is 1. The molecule has 7 nitrogen and oxygen atoms in total. The fraction of sp³-hybridized carbons (Fsp3) is 0.105. The molecule has 138 valence electrons. The number of hydrogen-bond donors (Lipinski definition) is 1. The molecule has 1 amide bonds. The van der Waals surface area contributed by atoms with Gasteiger partial charge in [-0.05, 0) is 43.3 Å². The molecule has 1 aromatic heterocycles. The predicted octanol–water partition coefficient (Wildman–Crippen LogP) is 3.69. The van der Waals surface area contributed by atoms with Gasteiger partial charge in [0, 0.05) is 10.9 Å². The average molecular weight is 371 g/mol. The summed E-state index contributed by atoms with van der Waals surface area (Å²) >= 11 is 0. The quantitative estimate of drug-likeness (QED) is 0.426. The largest absolute Gasteiger partial charge is 0.496 e. The van der Waals surface area contributed by atoms with Crippen molar-refractivity contribution >= 4 is 28.8 Å². The highest BCUT2D eigenvalue weighted by Gasteiger charge is 2.26. The molecule has 0 spiro atoms. The van der Waals surface area contributed by atoms with Gasteiger partial charge in [-0.25, -0.2) is 14.0 Å². The van der Waals surface area contributed by atoms with Crippen LogP contribution in [0.5, 0.6) is 5.75 Å². The molecule has 3 aromatic rings. The van der Waals surface area contributed by atoms with Gasteiger partial charge in [0.2, 0.25) is 0 Å². The lowest BCUT2D eigenvalue weighted by Gasteiger charge is -2.06. The molecule has 0 radical (unpaired) electrons. The topological polar surface area (TPSA) is 109 Å². The van der Waals surface area contributed by atoms with Crippen molar-refractivity contribution in [2.24, 2.45) is 5.73 Å². The zero-order valence-corrected chi connectivity index (χ0v) is 14.4. The van der Waals surface area contributed by atoms with Gasteiger partial charge in [-0.1, -0.05) is 0 Å². The first-order valence-electron chi connectivity index (χ1n) is 7.74. The monoisotopic (exact) mass is 371 g/mol. The Labute approximate surface area is 152 Å². The molecule has 0 saturated carbocycles. The van der Waals surface area contributed by atoms with E-state index in [-0.39, 0.29) is 39.4 Å². The number of esters is 1. The number of carbonyl (C=O) groups is 3. The number of methoxy groups -OCH3 is 1. The smallest absolute Gasteiger partial charge is 0.412 e. The summed E-state index contributed by atoms with van der Waals surface area (Å²) in [6.45, 7) is 1.36. The fourth-order valence-corrected chi connectivity index (χ4v) is 2.72. The van der Waals surface area contributed by atoms with E-state index in [1.54, 1.807) is 0 Å². The molecule has 0 aliphatic heterocycles. The molecule has 2 aromatic carbocycles. The van der Waals surface area contributed by atoms with Crippen LogP contribution in [0.15, 0.2) is 40.8 Å². The molecule has 0 unspecified atom stereocenters. The van der Waals surface area contributed by atoms with E-state index in [1.807, 2.05) is 0 Å². The number of ketones is 1. The number of hydrogen-bond acceptors (Lipinski definition) is 6. The van der Waals surface area contributed by atoms with Crippen molar-refractivity contribution in [2.75, 3.05) is 7.11 Å². The zero-order valence-electron chi connectivity index (χ0n) is 14.4. The molecular formula is C19H14FNO6. The number of nitrogens with two attached hydrogens (primary N) is 1. The summed E-state index contributed by atoms with van der Waals surface area (Å²) in [7, 11) is 1.37. The van der Waals surface area contributed by atoms with Crippen molar-refractivity contribution in [2.45, 2.75) is 6.92 Å². The van der Waals surface area contributed by atoms with Gasteiger partial charge in [-0.3, -0.25) is 4.79 Å². The average Bonchev–Trinajstić information content (AvgIpc) is 2.98. The lowest BCUT2D eigenvalue weighted by molar-refractivity contribution is 0.0640. The molecule has 2 N–H and O–H groups in total. The predicted molar refractivity (Wildman–Crippen MR) is 93.2 cm³/mol. The van der Waals surface area contributed by atoms with Crippen LogP contribution in [0.3, 0.4) is 0 Å². The second-order valence-electron chi connectivity index (χ2n) is 5.63. The maximum Gasteiger partial charge on any atom is 0.412 e. The number of halogens is 1. The highest BCUT2D eigenvalue weighted by atomic mass is 19.1. The number of benzene rings is 2. The van der Waals surface area contributed by atoms with Crippen molar-refractivity contribution in [1.29, 1.82) is 0 Å². The second-order valence-corrected chi connectivity index (χ2v) is 5.63. The SMILES string of the molecule is COc1cc2c(C(=O)OC(N)=O)c(-c3ccc(F)cc3)oc2cc1C(C)=O. The van der Waals surface area contributed by atoms with Gasteiger partial charge in [-0.2, -0.15) is 0 Å². The summed E-state index contributed by atoms with van der Waals surface area (Å²) < 4.78 is 28.7. The van der Waals surface area contributed by atoms with E-state index in [1.165, 1.54) is 50.4 Å². The molecule has 0 saturated heterocycles. The minimum atomic E-state index is -1.29. The van der Waals surface area contributed by atoms with Gasteiger partial charge in [0.15, 0.2) is 5.78 Å². The Morgan fingerprint density at radius 2 is 1.78 bits per heavy atom. The molecule has 0 fully saturated rings. The first kappa shape index (κ1) is 18.1. The Hall–Kier alpha value is -3.68. The Kier molecular flexibility index (Phi) is 4.64. The van der Waals surface area contributed by atoms with Gasteiger partial charge >= 0.3 is 12.1 Å². The highest BCUT2D eigenvalue weighted by molar-refractivity contribution is 6.12. The molecule has 0 aliphatic rings. The van der Waals surface area contributed by atoms with Crippen LogP contribution in [0.4, 0.5) is 9.18 Å². The van der Waals surface area contributed by atoms with E-state index in [2.05, 4.69) is 4.74 Å². The molecule has 8 heteroatoms. The fourth-order valence-electron chi connectivity index (χ4n) is 2.72. The normalized spacial score (nSPS) is 10.6. The van der Waals surface area contributed by atoms with Crippen LogP contribution in [0.25, 0.3) is 22.3 Å². The standard InChI is InChI=1S/C19H14FNO6/c1-9(22)12-7-15-13(8-14(12)25-2)16(18(23)27-19(21)24)17(26-15)10-3-5-11(20)6-4-10/h3-8H,1-2H3,(H2,21,24). The molecule has 3 rings (SSSR count). The zero-order chi connectivity index (χ0) is 19.7. The van der Waals surface area contributed by atoms with Crippen LogP contribution in [-0.4, -0.2) is 25.0 Å². The first-order valence-corrected chi connectivity index (χ1v) is 7.74. The minimum Gasteiger partial charge on any atom is -0.496 e. The third kappa shape index (κ3) is 3.37. The third-order valence-corrected chi connectivity index (χ3v) is 3.89. The van der Waals surface area contributed by atoms with E-state index < -0.39 is 17.9 Å². The van der Waals surface area contributed by atoms with Gasteiger partial charge in [0.05, 0.1) is 12.7 Å². The number of primary amides is 1. The Morgan fingerprint density at radius 3 is 2.33 bits per heavy atom. The van der Waals surface area contributed by atoms with Crippen molar-refractivity contribution in [1.82, 2.24) is 0 Å². The van der Waals surface area contributed by atoms with Gasteiger partial charge in [-0.15, -0.1) is 0 Å². The van der Waals surface area contributed by atoms with E-state index in [9.17, 15) is 18.8 Å². The molecule has 0 atom stereocenters. The van der Waals surface area contributed by atoms with Crippen molar-refractivity contribution in [3.63, 3.8) is 0 Å². The van der Waals surface area contributed by atoms with E-state index >= 15 is 0 Å². The first-order chi connectivity index (χ1) is 12.8. The number of carbonyl (C=O) groups excluding carboxylic acids is 3. The van der Waals surface area contributed by atoms with Gasteiger partial charge in [0.1, 0.15) is 28.5 Å². The molecule has 27 heavy (non-hydrogen) atoms. The maximum absolute atomic E-state index is 13.2. The summed E-state index contributed by atoms with van der Waals surface area (Å²) in [6, 6.07) is 8.03. The Bertz CT molecular complexity index is 1070. The Morgan fingerprint density at radius 1 is 1.11 bits per heavy atom. The summed E-state index contributed by atoms with van der Waals surface area (Å²) in [6.07, 6.45) is -1.29. The summed E-state index contributed by atoms with van der Waals surface area (Å²) in [4.78, 5) is 35.3. The lowest BCUT2D eigenvalue weighted by Crippen LogP contribution is -2.18.